The first kappa shape index (κ1) is 14.5. The van der Waals surface area contributed by atoms with Crippen LogP contribution in [0.1, 0.15) is 17.3 Å². The average molecular weight is 285 g/mol. The van der Waals surface area contributed by atoms with Gasteiger partial charge in [-0.1, -0.05) is 12.1 Å². The van der Waals surface area contributed by atoms with E-state index in [0.29, 0.717) is 22.8 Å². The van der Waals surface area contributed by atoms with E-state index < -0.39 is 0 Å². The van der Waals surface area contributed by atoms with Crippen LogP contribution >= 0.6 is 0 Å². The number of carbonyl (C=O) groups excluding carboxylic acids is 2. The normalized spacial score (nSPS) is 9.81. The highest BCUT2D eigenvalue weighted by Gasteiger charge is 2.12. The lowest BCUT2D eigenvalue weighted by Crippen LogP contribution is -2.17. The molecule has 0 spiro atoms. The topological polar surface area (TPSA) is 80.3 Å². The van der Waals surface area contributed by atoms with Crippen LogP contribution in [0.3, 0.4) is 0 Å². The van der Waals surface area contributed by atoms with Crippen molar-refractivity contribution in [2.45, 2.75) is 6.92 Å². The van der Waals surface area contributed by atoms with Crippen molar-refractivity contribution in [1.29, 1.82) is 0 Å². The zero-order chi connectivity index (χ0) is 15.2. The molecule has 21 heavy (non-hydrogen) atoms. The molecule has 0 aliphatic heterocycles. The molecule has 108 valence electrons. The summed E-state index contributed by atoms with van der Waals surface area (Å²) in [4.78, 5) is 27.4. The van der Waals surface area contributed by atoms with Crippen LogP contribution < -0.4 is 15.4 Å². The van der Waals surface area contributed by atoms with Crippen molar-refractivity contribution in [3.05, 3.63) is 48.2 Å². The number of pyridine rings is 1. The number of aromatic nitrogens is 1. The van der Waals surface area contributed by atoms with Gasteiger partial charge in [0.05, 0.1) is 24.6 Å². The van der Waals surface area contributed by atoms with Crippen LogP contribution in [-0.2, 0) is 4.79 Å². The maximum absolute atomic E-state index is 12.2. The molecule has 0 atom stereocenters. The van der Waals surface area contributed by atoms with E-state index in [1.165, 1.54) is 13.1 Å². The van der Waals surface area contributed by atoms with Crippen molar-refractivity contribution in [1.82, 2.24) is 4.98 Å². The average Bonchev–Trinajstić information content (AvgIpc) is 2.48. The summed E-state index contributed by atoms with van der Waals surface area (Å²) in [7, 11) is 1.54. The van der Waals surface area contributed by atoms with Crippen molar-refractivity contribution < 1.29 is 14.3 Å². The monoisotopic (exact) mass is 285 g/mol. The molecule has 0 fully saturated rings. The number of carbonyl (C=O) groups is 2. The van der Waals surface area contributed by atoms with E-state index in [1.54, 1.807) is 43.5 Å². The van der Waals surface area contributed by atoms with Crippen LogP contribution in [0.15, 0.2) is 42.6 Å². The number of rotatable bonds is 4. The number of hydrogen-bond acceptors (Lipinski definition) is 4. The fourth-order valence-corrected chi connectivity index (χ4v) is 1.74. The van der Waals surface area contributed by atoms with E-state index in [9.17, 15) is 9.59 Å². The zero-order valence-electron chi connectivity index (χ0n) is 11.7. The Morgan fingerprint density at radius 2 is 1.86 bits per heavy atom. The van der Waals surface area contributed by atoms with Crippen molar-refractivity contribution in [2.75, 3.05) is 17.7 Å². The summed E-state index contributed by atoms with van der Waals surface area (Å²) in [5.41, 5.74) is 0.821. The largest absolute Gasteiger partial charge is 0.495 e. The molecule has 0 unspecified atom stereocenters. The summed E-state index contributed by atoms with van der Waals surface area (Å²) in [5.74, 6) is 0.417. The van der Waals surface area contributed by atoms with E-state index in [1.807, 2.05) is 0 Å². The van der Waals surface area contributed by atoms with Gasteiger partial charge in [-0.25, -0.2) is 4.98 Å². The molecule has 2 rings (SSSR count). The molecule has 0 saturated heterocycles. The highest BCUT2D eigenvalue weighted by Crippen LogP contribution is 2.17. The Morgan fingerprint density at radius 1 is 1.10 bits per heavy atom. The molecular weight excluding hydrogens is 270 g/mol. The number of ether oxygens (including phenoxy) is 1. The molecule has 0 aliphatic rings. The van der Waals surface area contributed by atoms with Crippen LogP contribution in [0.2, 0.25) is 0 Å². The molecule has 2 amide bonds. The lowest BCUT2D eigenvalue weighted by Gasteiger charge is -2.10. The van der Waals surface area contributed by atoms with E-state index >= 15 is 0 Å². The minimum atomic E-state index is -0.350. The summed E-state index contributed by atoms with van der Waals surface area (Å²) in [6.45, 7) is 1.39. The molecule has 2 aromatic rings. The van der Waals surface area contributed by atoms with Gasteiger partial charge in [-0.15, -0.1) is 0 Å². The minimum Gasteiger partial charge on any atom is -0.495 e. The van der Waals surface area contributed by atoms with Gasteiger partial charge in [-0.05, 0) is 24.3 Å². The third-order valence-corrected chi connectivity index (χ3v) is 2.70. The third kappa shape index (κ3) is 3.79. The summed E-state index contributed by atoms with van der Waals surface area (Å²) in [5, 5.41) is 5.28. The molecule has 6 nitrogen and oxygen atoms in total. The van der Waals surface area contributed by atoms with Gasteiger partial charge in [0.15, 0.2) is 0 Å². The highest BCUT2D eigenvalue weighted by atomic mass is 16.5. The summed E-state index contributed by atoms with van der Waals surface area (Å²) in [6.07, 6.45) is 1.51. The van der Waals surface area contributed by atoms with Crippen molar-refractivity contribution >= 4 is 23.3 Å². The SMILES string of the molecule is COc1ccc(NC(=O)c2ccccc2NC(C)=O)nc1. The van der Waals surface area contributed by atoms with Gasteiger partial charge in [-0.3, -0.25) is 9.59 Å². The first-order chi connectivity index (χ1) is 10.1. The molecule has 1 aromatic carbocycles. The van der Waals surface area contributed by atoms with Crippen LogP contribution in [0, 0.1) is 0 Å². The van der Waals surface area contributed by atoms with Crippen molar-refractivity contribution in [3.63, 3.8) is 0 Å². The lowest BCUT2D eigenvalue weighted by molar-refractivity contribution is -0.114. The number of para-hydroxylation sites is 1. The second kappa shape index (κ2) is 6.51. The fraction of sp³-hybridized carbons (Fsp3) is 0.133. The van der Waals surface area contributed by atoms with Crippen LogP contribution in [0.4, 0.5) is 11.5 Å². The Bertz CT molecular complexity index is 653. The first-order valence-corrected chi connectivity index (χ1v) is 6.28. The predicted molar refractivity (Wildman–Crippen MR) is 79.5 cm³/mol. The van der Waals surface area contributed by atoms with Gasteiger partial charge in [-0.2, -0.15) is 0 Å². The van der Waals surface area contributed by atoms with Crippen LogP contribution in [0.25, 0.3) is 0 Å². The van der Waals surface area contributed by atoms with Gasteiger partial charge in [0.25, 0.3) is 5.91 Å². The minimum absolute atomic E-state index is 0.238. The standard InChI is InChI=1S/C15H15N3O3/c1-10(19)17-13-6-4-3-5-12(13)15(20)18-14-8-7-11(21-2)9-16-14/h3-9H,1-2H3,(H,17,19)(H,16,18,20). The molecule has 0 radical (unpaired) electrons. The summed E-state index contributed by atoms with van der Waals surface area (Å²) in [6, 6.07) is 10.1. The Morgan fingerprint density at radius 3 is 2.48 bits per heavy atom. The molecule has 1 heterocycles. The van der Waals surface area contributed by atoms with E-state index in [4.69, 9.17) is 4.74 Å². The van der Waals surface area contributed by atoms with Crippen molar-refractivity contribution in [3.8, 4) is 5.75 Å². The number of nitrogens with zero attached hydrogens (tertiary/aromatic N) is 1. The molecule has 0 bridgehead atoms. The molecule has 2 N–H and O–H groups in total. The second-order valence-corrected chi connectivity index (χ2v) is 4.26. The van der Waals surface area contributed by atoms with Gasteiger partial charge in [0, 0.05) is 6.92 Å². The summed E-state index contributed by atoms with van der Waals surface area (Å²) >= 11 is 0. The molecular formula is C15H15N3O3. The lowest BCUT2D eigenvalue weighted by atomic mass is 10.1. The number of amides is 2. The number of methoxy groups -OCH3 is 1. The van der Waals surface area contributed by atoms with Crippen molar-refractivity contribution in [2.24, 2.45) is 0 Å². The fourth-order valence-electron chi connectivity index (χ4n) is 1.74. The zero-order valence-corrected chi connectivity index (χ0v) is 11.7. The highest BCUT2D eigenvalue weighted by molar-refractivity contribution is 6.09. The maximum atomic E-state index is 12.2. The quantitative estimate of drug-likeness (QED) is 0.903. The van der Waals surface area contributed by atoms with E-state index in [2.05, 4.69) is 15.6 Å². The van der Waals surface area contributed by atoms with Crippen LogP contribution in [-0.4, -0.2) is 23.9 Å². The number of hydrogen-bond donors (Lipinski definition) is 2. The predicted octanol–water partition coefficient (Wildman–Crippen LogP) is 2.30. The summed E-state index contributed by atoms with van der Waals surface area (Å²) < 4.78 is 5.00. The Balaban J connectivity index is 2.17. The van der Waals surface area contributed by atoms with Gasteiger partial charge < -0.3 is 15.4 Å². The second-order valence-electron chi connectivity index (χ2n) is 4.26. The third-order valence-electron chi connectivity index (χ3n) is 2.70. The van der Waals surface area contributed by atoms with E-state index in [-0.39, 0.29) is 11.8 Å². The van der Waals surface area contributed by atoms with Gasteiger partial charge in [0.1, 0.15) is 11.6 Å². The Kier molecular flexibility index (Phi) is 4.50. The Labute approximate surface area is 122 Å². The van der Waals surface area contributed by atoms with Gasteiger partial charge >= 0.3 is 0 Å². The number of nitrogens with one attached hydrogen (secondary N) is 2. The first-order valence-electron chi connectivity index (χ1n) is 6.28. The molecule has 0 saturated carbocycles. The number of benzene rings is 1. The Hall–Kier alpha value is -2.89. The maximum Gasteiger partial charge on any atom is 0.258 e. The van der Waals surface area contributed by atoms with Gasteiger partial charge in [0.2, 0.25) is 5.91 Å². The van der Waals surface area contributed by atoms with E-state index in [0.717, 1.165) is 0 Å². The number of anilines is 2. The molecule has 1 aromatic heterocycles. The van der Waals surface area contributed by atoms with Crippen LogP contribution in [0.5, 0.6) is 5.75 Å². The smallest absolute Gasteiger partial charge is 0.258 e. The molecule has 0 aliphatic carbocycles. The molecule has 6 heteroatoms.